The molecule has 2 aromatic heterocycles. The molecule has 0 fully saturated rings. The van der Waals surface area contributed by atoms with Crippen LogP contribution in [0, 0.1) is 6.92 Å². The van der Waals surface area contributed by atoms with Crippen molar-refractivity contribution in [2.45, 2.75) is 13.5 Å². The molecule has 2 N–H and O–H groups in total. The minimum absolute atomic E-state index is 0.540. The second-order valence-corrected chi connectivity index (χ2v) is 6.05. The number of aryl methyl sites for hydroxylation is 1. The standard InChI is InChI=1S/C21H19N5/c1-15-6-2-3-7-17(15)14-24-19-11-13-23-21(26-19)25-18-10-4-8-16-9-5-12-22-20(16)18/h2-13H,14H2,1H3,(H2,23,24,25,26). The van der Waals surface area contributed by atoms with Crippen LogP contribution in [0.4, 0.5) is 17.5 Å². The van der Waals surface area contributed by atoms with Gasteiger partial charge in [-0.2, -0.15) is 4.98 Å². The predicted molar refractivity (Wildman–Crippen MR) is 106 cm³/mol. The van der Waals surface area contributed by atoms with Crippen LogP contribution in [0.1, 0.15) is 11.1 Å². The Hall–Kier alpha value is -3.47. The second-order valence-electron chi connectivity index (χ2n) is 6.05. The molecule has 0 spiro atoms. The first-order chi connectivity index (χ1) is 12.8. The molecule has 0 bridgehead atoms. The second kappa shape index (κ2) is 7.19. The van der Waals surface area contributed by atoms with Gasteiger partial charge in [0.1, 0.15) is 5.82 Å². The van der Waals surface area contributed by atoms with Gasteiger partial charge in [0.15, 0.2) is 0 Å². The van der Waals surface area contributed by atoms with Gasteiger partial charge in [0, 0.05) is 24.3 Å². The summed E-state index contributed by atoms with van der Waals surface area (Å²) in [6, 6.07) is 20.2. The number of anilines is 3. The smallest absolute Gasteiger partial charge is 0.229 e. The van der Waals surface area contributed by atoms with E-state index in [1.807, 2.05) is 48.5 Å². The van der Waals surface area contributed by atoms with Crippen molar-refractivity contribution in [2.24, 2.45) is 0 Å². The van der Waals surface area contributed by atoms with E-state index in [1.165, 1.54) is 11.1 Å². The molecule has 4 rings (SSSR count). The molecule has 128 valence electrons. The summed E-state index contributed by atoms with van der Waals surface area (Å²) in [7, 11) is 0. The SMILES string of the molecule is Cc1ccccc1CNc1ccnc(Nc2cccc3cccnc23)n1. The number of rotatable bonds is 5. The number of para-hydroxylation sites is 1. The van der Waals surface area contributed by atoms with E-state index in [4.69, 9.17) is 0 Å². The molecule has 0 saturated carbocycles. The maximum absolute atomic E-state index is 4.56. The highest BCUT2D eigenvalue weighted by atomic mass is 15.1. The summed E-state index contributed by atoms with van der Waals surface area (Å²) < 4.78 is 0. The Bertz CT molecular complexity index is 1040. The largest absolute Gasteiger partial charge is 0.366 e. The summed E-state index contributed by atoms with van der Waals surface area (Å²) in [6.45, 7) is 2.83. The van der Waals surface area contributed by atoms with Crippen molar-refractivity contribution in [1.82, 2.24) is 15.0 Å². The van der Waals surface area contributed by atoms with Gasteiger partial charge in [-0.15, -0.1) is 0 Å². The van der Waals surface area contributed by atoms with E-state index >= 15 is 0 Å². The summed E-state index contributed by atoms with van der Waals surface area (Å²) >= 11 is 0. The number of aromatic nitrogens is 3. The van der Waals surface area contributed by atoms with Crippen LogP contribution >= 0.6 is 0 Å². The summed E-state index contributed by atoms with van der Waals surface area (Å²) in [5.41, 5.74) is 4.30. The Morgan fingerprint density at radius 3 is 2.65 bits per heavy atom. The topological polar surface area (TPSA) is 62.7 Å². The average molecular weight is 341 g/mol. The number of benzene rings is 2. The minimum Gasteiger partial charge on any atom is -0.366 e. The maximum Gasteiger partial charge on any atom is 0.229 e. The van der Waals surface area contributed by atoms with Gasteiger partial charge in [0.2, 0.25) is 5.95 Å². The Balaban J connectivity index is 1.53. The zero-order valence-electron chi connectivity index (χ0n) is 14.5. The van der Waals surface area contributed by atoms with Gasteiger partial charge in [0.05, 0.1) is 11.2 Å². The van der Waals surface area contributed by atoms with Crippen molar-refractivity contribution in [3.8, 4) is 0 Å². The fourth-order valence-electron chi connectivity index (χ4n) is 2.84. The molecular weight excluding hydrogens is 322 g/mol. The van der Waals surface area contributed by atoms with Gasteiger partial charge in [0.25, 0.3) is 0 Å². The van der Waals surface area contributed by atoms with E-state index in [1.54, 1.807) is 12.4 Å². The van der Waals surface area contributed by atoms with Crippen LogP contribution in [-0.2, 0) is 6.54 Å². The maximum atomic E-state index is 4.56. The van der Waals surface area contributed by atoms with Gasteiger partial charge in [-0.3, -0.25) is 4.98 Å². The van der Waals surface area contributed by atoms with E-state index in [0.29, 0.717) is 5.95 Å². The van der Waals surface area contributed by atoms with Crippen molar-refractivity contribution < 1.29 is 0 Å². The molecule has 0 unspecified atom stereocenters. The summed E-state index contributed by atoms with van der Waals surface area (Å²) in [4.78, 5) is 13.3. The van der Waals surface area contributed by atoms with Gasteiger partial charge in [-0.1, -0.05) is 42.5 Å². The molecule has 0 aliphatic carbocycles. The summed E-state index contributed by atoms with van der Waals surface area (Å²) in [6.07, 6.45) is 3.53. The van der Waals surface area contributed by atoms with Crippen molar-refractivity contribution in [3.05, 3.63) is 84.2 Å². The van der Waals surface area contributed by atoms with Crippen LogP contribution in [-0.4, -0.2) is 15.0 Å². The Morgan fingerprint density at radius 2 is 1.73 bits per heavy atom. The fraction of sp³-hybridized carbons (Fsp3) is 0.0952. The molecule has 2 aromatic carbocycles. The summed E-state index contributed by atoms with van der Waals surface area (Å²) in [5, 5.41) is 7.71. The number of fused-ring (bicyclic) bond motifs is 1. The lowest BCUT2D eigenvalue weighted by atomic mass is 10.1. The summed E-state index contributed by atoms with van der Waals surface area (Å²) in [5.74, 6) is 1.32. The van der Waals surface area contributed by atoms with Crippen LogP contribution in [0.15, 0.2) is 73.1 Å². The Morgan fingerprint density at radius 1 is 0.846 bits per heavy atom. The average Bonchev–Trinajstić information content (AvgIpc) is 2.68. The van der Waals surface area contributed by atoms with Crippen LogP contribution in [0.25, 0.3) is 10.9 Å². The number of hydrogen-bond donors (Lipinski definition) is 2. The van der Waals surface area contributed by atoms with E-state index in [9.17, 15) is 0 Å². The molecule has 0 amide bonds. The zero-order valence-corrected chi connectivity index (χ0v) is 14.5. The van der Waals surface area contributed by atoms with E-state index in [2.05, 4.69) is 44.6 Å². The third-order valence-corrected chi connectivity index (χ3v) is 4.26. The lowest BCUT2D eigenvalue weighted by Gasteiger charge is -2.11. The zero-order chi connectivity index (χ0) is 17.8. The number of nitrogens with one attached hydrogen (secondary N) is 2. The van der Waals surface area contributed by atoms with E-state index < -0.39 is 0 Å². The van der Waals surface area contributed by atoms with Crippen LogP contribution in [0.3, 0.4) is 0 Å². The molecule has 0 aliphatic heterocycles. The molecule has 0 saturated heterocycles. The molecule has 5 heteroatoms. The fourth-order valence-corrected chi connectivity index (χ4v) is 2.84. The van der Waals surface area contributed by atoms with Gasteiger partial charge in [-0.05, 0) is 36.2 Å². The highest BCUT2D eigenvalue weighted by Gasteiger charge is 2.05. The molecular formula is C21H19N5. The number of hydrogen-bond acceptors (Lipinski definition) is 5. The monoisotopic (exact) mass is 341 g/mol. The molecule has 0 atom stereocenters. The van der Waals surface area contributed by atoms with Gasteiger partial charge in [-0.25, -0.2) is 4.98 Å². The van der Waals surface area contributed by atoms with Crippen molar-refractivity contribution in [2.75, 3.05) is 10.6 Å². The molecule has 5 nitrogen and oxygen atoms in total. The minimum atomic E-state index is 0.540. The van der Waals surface area contributed by atoms with E-state index in [-0.39, 0.29) is 0 Å². The third-order valence-electron chi connectivity index (χ3n) is 4.26. The quantitative estimate of drug-likeness (QED) is 0.551. The van der Waals surface area contributed by atoms with Crippen molar-refractivity contribution in [3.63, 3.8) is 0 Å². The number of pyridine rings is 1. The lowest BCUT2D eigenvalue weighted by molar-refractivity contribution is 1.07. The van der Waals surface area contributed by atoms with Crippen LogP contribution in [0.2, 0.25) is 0 Å². The highest BCUT2D eigenvalue weighted by Crippen LogP contribution is 2.23. The van der Waals surface area contributed by atoms with Gasteiger partial charge >= 0.3 is 0 Å². The molecule has 0 aliphatic rings. The van der Waals surface area contributed by atoms with Crippen molar-refractivity contribution in [1.29, 1.82) is 0 Å². The first-order valence-electron chi connectivity index (χ1n) is 8.52. The highest BCUT2D eigenvalue weighted by molar-refractivity contribution is 5.91. The van der Waals surface area contributed by atoms with Crippen LogP contribution < -0.4 is 10.6 Å². The van der Waals surface area contributed by atoms with Crippen molar-refractivity contribution >= 4 is 28.4 Å². The lowest BCUT2D eigenvalue weighted by Crippen LogP contribution is -2.05. The number of nitrogens with zero attached hydrogens (tertiary/aromatic N) is 3. The molecule has 4 aromatic rings. The first-order valence-corrected chi connectivity index (χ1v) is 8.52. The normalized spacial score (nSPS) is 10.7. The molecule has 0 radical (unpaired) electrons. The van der Waals surface area contributed by atoms with E-state index in [0.717, 1.165) is 29.0 Å². The van der Waals surface area contributed by atoms with Crippen LogP contribution in [0.5, 0.6) is 0 Å². The molecule has 26 heavy (non-hydrogen) atoms. The Labute approximate surface area is 152 Å². The first kappa shape index (κ1) is 16.0. The van der Waals surface area contributed by atoms with Gasteiger partial charge < -0.3 is 10.6 Å². The Kier molecular flexibility index (Phi) is 4.43. The third kappa shape index (κ3) is 3.47. The predicted octanol–water partition coefficient (Wildman–Crippen LogP) is 4.69. The molecule has 2 heterocycles.